The van der Waals surface area contributed by atoms with Crippen molar-refractivity contribution in [3.8, 4) is 0 Å². The lowest BCUT2D eigenvalue weighted by Crippen LogP contribution is -2.57. The normalized spacial score (nSPS) is 67.6. The van der Waals surface area contributed by atoms with Gasteiger partial charge in [-0.25, -0.2) is 0 Å². The van der Waals surface area contributed by atoms with Crippen LogP contribution in [-0.2, 0) is 9.47 Å². The van der Waals surface area contributed by atoms with Crippen LogP contribution in [0.25, 0.3) is 0 Å². The molecular formula is C10H14O3. The van der Waals surface area contributed by atoms with Crippen LogP contribution in [0.15, 0.2) is 0 Å². The molecule has 1 spiro atoms. The standard InChI is InChI=1S/C10H14O3/c11-8-5-1-2-10(5)4-12-9-6(10)3-7(8)13-9/h5-9,11H,1-4H2. The molecule has 72 valence electrons. The van der Waals surface area contributed by atoms with Crippen LogP contribution in [0.5, 0.6) is 0 Å². The molecule has 1 N–H and O–H groups in total. The fraction of sp³-hybridized carbons (Fsp3) is 1.00. The number of hydrogen-bond donors (Lipinski definition) is 1. The van der Waals surface area contributed by atoms with Gasteiger partial charge >= 0.3 is 0 Å². The van der Waals surface area contributed by atoms with Gasteiger partial charge < -0.3 is 14.6 Å². The molecule has 2 bridgehead atoms. The van der Waals surface area contributed by atoms with Crippen molar-refractivity contribution in [1.29, 1.82) is 0 Å². The molecule has 0 aromatic rings. The van der Waals surface area contributed by atoms with Crippen LogP contribution in [0.1, 0.15) is 19.3 Å². The zero-order chi connectivity index (χ0) is 8.63. The number of ether oxygens (including phenoxy) is 2. The molecule has 6 unspecified atom stereocenters. The first-order chi connectivity index (χ1) is 6.31. The maximum absolute atomic E-state index is 10.0. The van der Waals surface area contributed by atoms with Gasteiger partial charge in [-0.1, -0.05) is 0 Å². The molecule has 13 heavy (non-hydrogen) atoms. The fourth-order valence-corrected chi connectivity index (χ4v) is 4.00. The second-order valence-electron chi connectivity index (χ2n) is 5.07. The Hall–Kier alpha value is -0.120. The summed E-state index contributed by atoms with van der Waals surface area (Å²) in [6, 6.07) is 0. The van der Waals surface area contributed by atoms with Crippen molar-refractivity contribution in [3.63, 3.8) is 0 Å². The van der Waals surface area contributed by atoms with E-state index in [-0.39, 0.29) is 18.5 Å². The van der Waals surface area contributed by atoms with Crippen LogP contribution in [0, 0.1) is 17.3 Å². The van der Waals surface area contributed by atoms with Gasteiger partial charge in [0.1, 0.15) is 0 Å². The van der Waals surface area contributed by atoms with E-state index in [0.29, 0.717) is 17.3 Å². The van der Waals surface area contributed by atoms with Gasteiger partial charge in [-0.3, -0.25) is 0 Å². The molecule has 0 amide bonds. The van der Waals surface area contributed by atoms with Crippen LogP contribution in [0.3, 0.4) is 0 Å². The fourth-order valence-electron chi connectivity index (χ4n) is 4.00. The summed E-state index contributed by atoms with van der Waals surface area (Å²) in [6.07, 6.45) is 3.33. The number of aliphatic hydroxyl groups is 1. The lowest BCUT2D eigenvalue weighted by Gasteiger charge is -2.54. The van der Waals surface area contributed by atoms with Gasteiger partial charge in [0.25, 0.3) is 0 Å². The number of rotatable bonds is 0. The van der Waals surface area contributed by atoms with Gasteiger partial charge in [0.05, 0.1) is 18.8 Å². The summed E-state index contributed by atoms with van der Waals surface area (Å²) in [5.74, 6) is 1.07. The Morgan fingerprint density at radius 2 is 2.23 bits per heavy atom. The zero-order valence-electron chi connectivity index (χ0n) is 7.48. The molecule has 2 aliphatic heterocycles. The van der Waals surface area contributed by atoms with Gasteiger partial charge in [0.2, 0.25) is 0 Å². The molecule has 3 heteroatoms. The number of aliphatic hydroxyl groups excluding tert-OH is 1. The first-order valence-electron chi connectivity index (χ1n) is 5.26. The average molecular weight is 182 g/mol. The van der Waals surface area contributed by atoms with E-state index in [0.717, 1.165) is 13.0 Å². The van der Waals surface area contributed by atoms with E-state index in [1.807, 2.05) is 0 Å². The highest BCUT2D eigenvalue weighted by Crippen LogP contribution is 2.66. The molecular weight excluding hydrogens is 168 g/mol. The van der Waals surface area contributed by atoms with E-state index in [1.54, 1.807) is 0 Å². The SMILES string of the molecule is OC1C2CC3C(OCC34CCC14)O2. The Kier molecular flexibility index (Phi) is 1.08. The van der Waals surface area contributed by atoms with Crippen molar-refractivity contribution in [1.82, 2.24) is 0 Å². The van der Waals surface area contributed by atoms with Gasteiger partial charge in [-0.2, -0.15) is 0 Å². The summed E-state index contributed by atoms with van der Waals surface area (Å²) in [5, 5.41) is 10.0. The summed E-state index contributed by atoms with van der Waals surface area (Å²) in [6.45, 7) is 0.830. The van der Waals surface area contributed by atoms with E-state index >= 15 is 0 Å². The van der Waals surface area contributed by atoms with Crippen LogP contribution >= 0.6 is 0 Å². The molecule has 2 heterocycles. The number of fused-ring (bicyclic) bond motifs is 1. The van der Waals surface area contributed by atoms with E-state index in [1.165, 1.54) is 12.8 Å². The average Bonchev–Trinajstić information content (AvgIpc) is 2.55. The molecule has 4 fully saturated rings. The third-order valence-electron chi connectivity index (χ3n) is 4.83. The van der Waals surface area contributed by atoms with Crippen LogP contribution in [0.4, 0.5) is 0 Å². The Labute approximate surface area is 77.0 Å². The second kappa shape index (κ2) is 1.95. The van der Waals surface area contributed by atoms with Crippen molar-refractivity contribution in [3.05, 3.63) is 0 Å². The summed E-state index contributed by atoms with van der Waals surface area (Å²) < 4.78 is 11.3. The first kappa shape index (κ1) is 7.21. The lowest BCUT2D eigenvalue weighted by atomic mass is 9.49. The molecule has 6 atom stereocenters. The Morgan fingerprint density at radius 3 is 3.00 bits per heavy atom. The summed E-state index contributed by atoms with van der Waals surface area (Å²) in [5.41, 5.74) is 0.317. The van der Waals surface area contributed by atoms with Crippen LogP contribution < -0.4 is 0 Å². The molecule has 0 radical (unpaired) electrons. The van der Waals surface area contributed by atoms with Gasteiger partial charge in [-0.05, 0) is 25.2 Å². The largest absolute Gasteiger partial charge is 0.390 e. The Bertz CT molecular complexity index is 267. The molecule has 0 aromatic heterocycles. The topological polar surface area (TPSA) is 38.7 Å². The van der Waals surface area contributed by atoms with Crippen LogP contribution in [-0.4, -0.2) is 30.2 Å². The van der Waals surface area contributed by atoms with Crippen LogP contribution in [0.2, 0.25) is 0 Å². The quantitative estimate of drug-likeness (QED) is 0.593. The van der Waals surface area contributed by atoms with E-state index < -0.39 is 0 Å². The highest BCUT2D eigenvalue weighted by molar-refractivity contribution is 5.14. The van der Waals surface area contributed by atoms with E-state index in [4.69, 9.17) is 9.47 Å². The van der Waals surface area contributed by atoms with Crippen molar-refractivity contribution < 1.29 is 14.6 Å². The smallest absolute Gasteiger partial charge is 0.161 e. The highest BCUT2D eigenvalue weighted by Gasteiger charge is 2.68. The molecule has 2 aliphatic carbocycles. The van der Waals surface area contributed by atoms with Crippen molar-refractivity contribution in [2.75, 3.05) is 6.61 Å². The third kappa shape index (κ3) is 0.602. The van der Waals surface area contributed by atoms with E-state index in [2.05, 4.69) is 0 Å². The Balaban J connectivity index is 1.83. The summed E-state index contributed by atoms with van der Waals surface area (Å²) in [4.78, 5) is 0. The van der Waals surface area contributed by atoms with Gasteiger partial charge in [0.15, 0.2) is 6.29 Å². The second-order valence-corrected chi connectivity index (χ2v) is 5.07. The minimum atomic E-state index is -0.209. The molecule has 4 aliphatic rings. The minimum absolute atomic E-state index is 0.0185. The monoisotopic (exact) mass is 182 g/mol. The van der Waals surface area contributed by atoms with Crippen molar-refractivity contribution >= 4 is 0 Å². The minimum Gasteiger partial charge on any atom is -0.390 e. The predicted molar refractivity (Wildman–Crippen MR) is 43.9 cm³/mol. The van der Waals surface area contributed by atoms with Gasteiger partial charge in [0, 0.05) is 11.3 Å². The zero-order valence-corrected chi connectivity index (χ0v) is 7.48. The molecule has 0 aromatic carbocycles. The maximum atomic E-state index is 10.0. The Morgan fingerprint density at radius 1 is 1.31 bits per heavy atom. The lowest BCUT2D eigenvalue weighted by molar-refractivity contribution is -0.189. The maximum Gasteiger partial charge on any atom is 0.161 e. The van der Waals surface area contributed by atoms with Crippen molar-refractivity contribution in [2.24, 2.45) is 17.3 Å². The predicted octanol–water partition coefficient (Wildman–Crippen LogP) is 0.519. The molecule has 3 nitrogen and oxygen atoms in total. The highest BCUT2D eigenvalue weighted by atomic mass is 16.7. The number of hydrogen-bond acceptors (Lipinski definition) is 3. The molecule has 2 saturated heterocycles. The summed E-state index contributed by atoms with van der Waals surface area (Å²) in [7, 11) is 0. The third-order valence-corrected chi connectivity index (χ3v) is 4.83. The summed E-state index contributed by atoms with van der Waals surface area (Å²) >= 11 is 0. The van der Waals surface area contributed by atoms with Crippen molar-refractivity contribution in [2.45, 2.75) is 37.8 Å². The van der Waals surface area contributed by atoms with E-state index in [9.17, 15) is 5.11 Å². The molecule has 4 rings (SSSR count). The first-order valence-corrected chi connectivity index (χ1v) is 5.26. The van der Waals surface area contributed by atoms with Gasteiger partial charge in [-0.15, -0.1) is 0 Å². The molecule has 2 saturated carbocycles.